The number of alkyl halides is 3. The fraction of sp³-hybridized carbons (Fsp3) is 0.381. The number of rotatable bonds is 4. The third-order valence-corrected chi connectivity index (χ3v) is 7.97. The molecular formula is C21H21F3N4O2S. The van der Waals surface area contributed by atoms with Gasteiger partial charge in [-0.25, -0.2) is 17.4 Å². The second kappa shape index (κ2) is 7.23. The molecule has 164 valence electrons. The lowest BCUT2D eigenvalue weighted by Crippen LogP contribution is -2.23. The summed E-state index contributed by atoms with van der Waals surface area (Å²) in [5.74, 6) is 0.902. The molecule has 3 aromatic rings. The van der Waals surface area contributed by atoms with Crippen molar-refractivity contribution in [2.75, 3.05) is 18.4 Å². The molecule has 0 bridgehead atoms. The maximum atomic E-state index is 13.8. The molecule has 31 heavy (non-hydrogen) atoms. The molecule has 2 fully saturated rings. The van der Waals surface area contributed by atoms with Gasteiger partial charge >= 0.3 is 6.18 Å². The Morgan fingerprint density at radius 3 is 2.39 bits per heavy atom. The van der Waals surface area contributed by atoms with E-state index in [0.29, 0.717) is 11.8 Å². The maximum absolute atomic E-state index is 13.8. The third kappa shape index (κ3) is 3.47. The van der Waals surface area contributed by atoms with Crippen LogP contribution in [0.3, 0.4) is 0 Å². The highest BCUT2D eigenvalue weighted by atomic mass is 32.2. The fourth-order valence-electron chi connectivity index (χ4n) is 4.82. The van der Waals surface area contributed by atoms with Gasteiger partial charge in [0.15, 0.2) is 5.65 Å². The Hall–Kier alpha value is -2.59. The Morgan fingerprint density at radius 2 is 1.74 bits per heavy atom. The molecule has 10 heteroatoms. The fourth-order valence-corrected chi connectivity index (χ4v) is 6.14. The van der Waals surface area contributed by atoms with Crippen molar-refractivity contribution in [3.8, 4) is 0 Å². The van der Waals surface area contributed by atoms with Gasteiger partial charge in [-0.05, 0) is 56.0 Å². The summed E-state index contributed by atoms with van der Waals surface area (Å²) in [6, 6.07) is 9.04. The molecule has 1 aromatic carbocycles. The van der Waals surface area contributed by atoms with Gasteiger partial charge in [-0.3, -0.25) is 0 Å². The first-order valence-corrected chi connectivity index (χ1v) is 11.5. The summed E-state index contributed by atoms with van der Waals surface area (Å²) >= 11 is 0. The van der Waals surface area contributed by atoms with Gasteiger partial charge in [-0.15, -0.1) is 0 Å². The number of pyridine rings is 1. The normalized spacial score (nSPS) is 23.9. The van der Waals surface area contributed by atoms with Crippen LogP contribution in [0, 0.1) is 11.8 Å². The van der Waals surface area contributed by atoms with E-state index in [0.717, 1.165) is 36.1 Å². The molecule has 2 unspecified atom stereocenters. The van der Waals surface area contributed by atoms with Gasteiger partial charge in [0.1, 0.15) is 0 Å². The van der Waals surface area contributed by atoms with Crippen LogP contribution in [0.1, 0.15) is 18.4 Å². The van der Waals surface area contributed by atoms with Gasteiger partial charge in [0.2, 0.25) is 0 Å². The van der Waals surface area contributed by atoms with E-state index in [4.69, 9.17) is 0 Å². The first-order chi connectivity index (χ1) is 14.7. The summed E-state index contributed by atoms with van der Waals surface area (Å²) in [6.45, 7) is 1.76. The zero-order valence-electron chi connectivity index (χ0n) is 16.4. The summed E-state index contributed by atoms with van der Waals surface area (Å²) in [5.41, 5.74) is -1.01. The zero-order chi connectivity index (χ0) is 21.8. The lowest BCUT2D eigenvalue weighted by molar-refractivity contribution is -0.137. The molecule has 1 saturated heterocycles. The maximum Gasteiger partial charge on any atom is 0.419 e. The average Bonchev–Trinajstić information content (AvgIpc) is 3.42. The van der Waals surface area contributed by atoms with E-state index < -0.39 is 21.8 Å². The van der Waals surface area contributed by atoms with E-state index in [1.54, 1.807) is 18.2 Å². The molecule has 1 aliphatic heterocycles. The molecule has 0 amide bonds. The standard InChI is InChI=1S/C21H21F3N4O2S/c22-21(23,24)18-12-26-20-17(19(18)27-15-8-13-10-25-11-14(13)9-15)6-7-28(20)31(29,30)16-4-2-1-3-5-16/h1-7,12-15,25H,8-11H2,(H,26,27). The van der Waals surface area contributed by atoms with Crippen LogP contribution in [-0.4, -0.2) is 36.5 Å². The molecule has 5 rings (SSSR count). The number of aromatic nitrogens is 2. The van der Waals surface area contributed by atoms with Gasteiger partial charge in [-0.1, -0.05) is 18.2 Å². The highest BCUT2D eigenvalue weighted by molar-refractivity contribution is 7.90. The van der Waals surface area contributed by atoms with E-state index in [2.05, 4.69) is 15.6 Å². The molecule has 0 spiro atoms. The molecule has 1 saturated carbocycles. The lowest BCUT2D eigenvalue weighted by Gasteiger charge is -2.20. The Kier molecular flexibility index (Phi) is 4.74. The number of fused-ring (bicyclic) bond motifs is 2. The number of benzene rings is 1. The monoisotopic (exact) mass is 450 g/mol. The van der Waals surface area contributed by atoms with Crippen molar-refractivity contribution in [3.05, 3.63) is 54.4 Å². The lowest BCUT2D eigenvalue weighted by atomic mass is 10.0. The molecule has 2 aromatic heterocycles. The van der Waals surface area contributed by atoms with Crippen molar-refractivity contribution in [3.63, 3.8) is 0 Å². The van der Waals surface area contributed by atoms with Crippen LogP contribution in [0.25, 0.3) is 11.0 Å². The van der Waals surface area contributed by atoms with Crippen LogP contribution in [0.2, 0.25) is 0 Å². The van der Waals surface area contributed by atoms with Crippen molar-refractivity contribution in [2.45, 2.75) is 30.0 Å². The van der Waals surface area contributed by atoms with Gasteiger partial charge in [-0.2, -0.15) is 13.2 Å². The van der Waals surface area contributed by atoms with Crippen LogP contribution < -0.4 is 10.6 Å². The average molecular weight is 450 g/mol. The Bertz CT molecular complexity index is 1210. The summed E-state index contributed by atoms with van der Waals surface area (Å²) in [6.07, 6.45) is -1.07. The van der Waals surface area contributed by atoms with Crippen molar-refractivity contribution in [1.82, 2.24) is 14.3 Å². The van der Waals surface area contributed by atoms with Gasteiger partial charge in [0.25, 0.3) is 10.0 Å². The number of halogens is 3. The van der Waals surface area contributed by atoms with Gasteiger partial charge in [0, 0.05) is 23.8 Å². The molecule has 1 aliphatic carbocycles. The van der Waals surface area contributed by atoms with E-state index in [1.807, 2.05) is 0 Å². The first-order valence-electron chi connectivity index (χ1n) is 10.1. The Balaban J connectivity index is 1.60. The summed E-state index contributed by atoms with van der Waals surface area (Å²) in [5, 5.41) is 6.56. The Labute approximate surface area is 177 Å². The van der Waals surface area contributed by atoms with Crippen molar-refractivity contribution in [1.29, 1.82) is 0 Å². The minimum absolute atomic E-state index is 0.0285. The van der Waals surface area contributed by atoms with Crippen LogP contribution in [-0.2, 0) is 16.2 Å². The van der Waals surface area contributed by atoms with Crippen LogP contribution in [0.4, 0.5) is 18.9 Å². The molecule has 2 atom stereocenters. The van der Waals surface area contributed by atoms with E-state index in [-0.39, 0.29) is 27.7 Å². The summed E-state index contributed by atoms with van der Waals surface area (Å²) in [4.78, 5) is 3.95. The number of hydrogen-bond donors (Lipinski definition) is 2. The van der Waals surface area contributed by atoms with E-state index >= 15 is 0 Å². The SMILES string of the molecule is O=S(=O)(c1ccccc1)n1ccc2c(NC3CC4CNCC4C3)c(C(F)(F)F)cnc21. The van der Waals surface area contributed by atoms with E-state index in [1.165, 1.54) is 24.4 Å². The largest absolute Gasteiger partial charge is 0.419 e. The highest BCUT2D eigenvalue weighted by Crippen LogP contribution is 2.42. The quantitative estimate of drug-likeness (QED) is 0.634. The minimum atomic E-state index is -4.61. The molecule has 2 aliphatic rings. The minimum Gasteiger partial charge on any atom is -0.381 e. The molecule has 3 heterocycles. The molecule has 0 radical (unpaired) electrons. The van der Waals surface area contributed by atoms with E-state index in [9.17, 15) is 21.6 Å². The zero-order valence-corrected chi connectivity index (χ0v) is 17.2. The van der Waals surface area contributed by atoms with Gasteiger partial charge < -0.3 is 10.6 Å². The Morgan fingerprint density at radius 1 is 1.06 bits per heavy atom. The van der Waals surface area contributed by atoms with Crippen LogP contribution in [0.15, 0.2) is 53.7 Å². The van der Waals surface area contributed by atoms with Crippen molar-refractivity contribution in [2.24, 2.45) is 11.8 Å². The second-order valence-electron chi connectivity index (χ2n) is 8.20. The van der Waals surface area contributed by atoms with Crippen molar-refractivity contribution < 1.29 is 21.6 Å². The molecule has 6 nitrogen and oxygen atoms in total. The van der Waals surface area contributed by atoms with Crippen LogP contribution in [0.5, 0.6) is 0 Å². The topological polar surface area (TPSA) is 76.0 Å². The number of nitrogens with zero attached hydrogens (tertiary/aromatic N) is 2. The smallest absolute Gasteiger partial charge is 0.381 e. The summed E-state index contributed by atoms with van der Waals surface area (Å²) < 4.78 is 68.4. The van der Waals surface area contributed by atoms with Gasteiger partial charge in [0.05, 0.1) is 16.1 Å². The molecule has 2 N–H and O–H groups in total. The number of nitrogens with one attached hydrogen (secondary N) is 2. The highest BCUT2D eigenvalue weighted by Gasteiger charge is 2.40. The second-order valence-corrected chi connectivity index (χ2v) is 10.0. The number of hydrogen-bond acceptors (Lipinski definition) is 5. The number of anilines is 1. The summed E-state index contributed by atoms with van der Waals surface area (Å²) in [7, 11) is -3.99. The predicted octanol–water partition coefficient (Wildman–Crippen LogP) is 3.70. The van der Waals surface area contributed by atoms with Crippen LogP contribution >= 0.6 is 0 Å². The third-order valence-electron chi connectivity index (χ3n) is 6.29. The molecular weight excluding hydrogens is 429 g/mol. The predicted molar refractivity (Wildman–Crippen MR) is 110 cm³/mol. The van der Waals surface area contributed by atoms with Crippen molar-refractivity contribution >= 4 is 26.7 Å². The first kappa shape index (κ1) is 20.3.